The monoisotopic (exact) mass is 154 g/mol. The third kappa shape index (κ3) is 4.62. The quantitative estimate of drug-likeness (QED) is 0.619. The van der Waals surface area contributed by atoms with Crippen molar-refractivity contribution < 1.29 is 0 Å². The Bertz CT molecular complexity index is 146. The van der Waals surface area contributed by atoms with E-state index in [1.54, 1.807) is 0 Å². The van der Waals surface area contributed by atoms with Crippen LogP contribution in [0.3, 0.4) is 0 Å². The number of allylic oxidation sites excluding steroid dienone is 2. The van der Waals surface area contributed by atoms with Gasteiger partial charge in [-0.1, -0.05) is 19.1 Å². The van der Waals surface area contributed by atoms with E-state index in [1.807, 2.05) is 26.2 Å². The van der Waals surface area contributed by atoms with E-state index in [0.29, 0.717) is 6.54 Å². The summed E-state index contributed by atoms with van der Waals surface area (Å²) in [5, 5.41) is 0. The topological polar surface area (TPSA) is 29.3 Å². The summed E-state index contributed by atoms with van der Waals surface area (Å²) in [4.78, 5) is 2.08. The zero-order valence-corrected chi connectivity index (χ0v) is 7.67. The summed E-state index contributed by atoms with van der Waals surface area (Å²) >= 11 is 0. The highest BCUT2D eigenvalue weighted by Crippen LogP contribution is 2.01. The largest absolute Gasteiger partial charge is 0.378 e. The molecule has 0 spiro atoms. The molecule has 0 aromatic heterocycles. The van der Waals surface area contributed by atoms with Crippen LogP contribution in [-0.2, 0) is 0 Å². The molecule has 0 rings (SSSR count). The summed E-state index contributed by atoms with van der Waals surface area (Å²) < 4.78 is 0. The highest BCUT2D eigenvalue weighted by molar-refractivity contribution is 5.16. The molecule has 2 N–H and O–H groups in total. The van der Waals surface area contributed by atoms with E-state index in [9.17, 15) is 0 Å². The fourth-order valence-electron chi connectivity index (χ4n) is 0.798. The predicted molar refractivity (Wildman–Crippen MR) is 50.3 cm³/mol. The van der Waals surface area contributed by atoms with Crippen molar-refractivity contribution in [1.29, 1.82) is 0 Å². The summed E-state index contributed by atoms with van der Waals surface area (Å²) in [5.41, 5.74) is 6.56. The van der Waals surface area contributed by atoms with E-state index in [1.165, 1.54) is 5.70 Å². The van der Waals surface area contributed by atoms with Crippen molar-refractivity contribution in [2.75, 3.05) is 20.6 Å². The van der Waals surface area contributed by atoms with Gasteiger partial charge in [0.2, 0.25) is 0 Å². The van der Waals surface area contributed by atoms with Gasteiger partial charge in [0.1, 0.15) is 0 Å². The van der Waals surface area contributed by atoms with Gasteiger partial charge in [0.25, 0.3) is 0 Å². The molecule has 2 nitrogen and oxygen atoms in total. The van der Waals surface area contributed by atoms with Crippen molar-refractivity contribution >= 4 is 0 Å². The van der Waals surface area contributed by atoms with Crippen LogP contribution < -0.4 is 5.73 Å². The van der Waals surface area contributed by atoms with E-state index in [0.717, 1.165) is 6.42 Å². The average Bonchev–Trinajstić information content (AvgIpc) is 1.97. The molecule has 0 aliphatic carbocycles. The zero-order chi connectivity index (χ0) is 8.69. The van der Waals surface area contributed by atoms with Gasteiger partial charge in [0, 0.05) is 26.3 Å². The van der Waals surface area contributed by atoms with Crippen molar-refractivity contribution in [2.24, 2.45) is 5.73 Å². The molecule has 0 amide bonds. The number of hydrogen-bond acceptors (Lipinski definition) is 2. The van der Waals surface area contributed by atoms with Gasteiger partial charge in [0.15, 0.2) is 0 Å². The molecule has 0 aromatic rings. The van der Waals surface area contributed by atoms with E-state index >= 15 is 0 Å². The highest BCUT2D eigenvalue weighted by Gasteiger charge is 1.90. The minimum atomic E-state index is 0.606. The molecule has 2 heteroatoms. The summed E-state index contributed by atoms with van der Waals surface area (Å²) in [6, 6.07) is 0. The van der Waals surface area contributed by atoms with Gasteiger partial charge in [-0.3, -0.25) is 0 Å². The van der Waals surface area contributed by atoms with Gasteiger partial charge in [-0.05, 0) is 12.5 Å². The number of likely N-dealkylation sites (N-methyl/N-ethyl adjacent to an activating group) is 1. The molecule has 0 unspecified atom stereocenters. The van der Waals surface area contributed by atoms with Crippen LogP contribution >= 0.6 is 0 Å². The van der Waals surface area contributed by atoms with Gasteiger partial charge in [-0.25, -0.2) is 0 Å². The molecular formula is C9H18N2. The fourth-order valence-corrected chi connectivity index (χ4v) is 0.798. The number of rotatable bonds is 4. The minimum Gasteiger partial charge on any atom is -0.378 e. The van der Waals surface area contributed by atoms with Crippen molar-refractivity contribution in [2.45, 2.75) is 13.3 Å². The Morgan fingerprint density at radius 2 is 2.09 bits per heavy atom. The lowest BCUT2D eigenvalue weighted by molar-refractivity contribution is 0.527. The van der Waals surface area contributed by atoms with Gasteiger partial charge in [0.05, 0.1) is 0 Å². The maximum absolute atomic E-state index is 5.34. The second-order valence-corrected chi connectivity index (χ2v) is 2.57. The van der Waals surface area contributed by atoms with Crippen LogP contribution in [0.5, 0.6) is 0 Å². The van der Waals surface area contributed by atoms with E-state index < -0.39 is 0 Å². The van der Waals surface area contributed by atoms with Gasteiger partial charge < -0.3 is 10.6 Å². The Balaban J connectivity index is 4.11. The predicted octanol–water partition coefficient (Wildman–Crippen LogP) is 1.36. The number of nitrogens with zero attached hydrogens (tertiary/aromatic N) is 1. The first-order valence-corrected chi connectivity index (χ1v) is 3.96. The highest BCUT2D eigenvalue weighted by atomic mass is 15.1. The van der Waals surface area contributed by atoms with Crippen LogP contribution in [0.1, 0.15) is 13.3 Å². The first-order chi connectivity index (χ1) is 5.22. The Labute approximate surface area is 69.4 Å². The molecule has 0 aromatic carbocycles. The van der Waals surface area contributed by atoms with Crippen LogP contribution in [0.2, 0.25) is 0 Å². The molecular weight excluding hydrogens is 136 g/mol. The summed E-state index contributed by atoms with van der Waals surface area (Å²) in [7, 11) is 4.06. The lowest BCUT2D eigenvalue weighted by atomic mass is 10.3. The molecule has 64 valence electrons. The normalized spacial score (nSPS) is 12.5. The van der Waals surface area contributed by atoms with Crippen LogP contribution in [0, 0.1) is 0 Å². The van der Waals surface area contributed by atoms with E-state index in [4.69, 9.17) is 5.73 Å². The molecule has 0 heterocycles. The lowest BCUT2D eigenvalue weighted by Gasteiger charge is -2.13. The summed E-state index contributed by atoms with van der Waals surface area (Å²) in [6.07, 6.45) is 7.24. The average molecular weight is 154 g/mol. The standard InChI is InChI=1S/C9H18N2/c1-4-6-9(11(2)3)7-5-8-10/h5-7H,4,8,10H2,1-3H3/b7-5-,9-6+. The third-order valence-corrected chi connectivity index (χ3v) is 1.35. The Kier molecular flexibility index (Phi) is 5.57. The fraction of sp³-hybridized carbons (Fsp3) is 0.556. The zero-order valence-electron chi connectivity index (χ0n) is 7.67. The van der Waals surface area contributed by atoms with Crippen molar-refractivity contribution in [3.63, 3.8) is 0 Å². The van der Waals surface area contributed by atoms with Crippen molar-refractivity contribution in [3.8, 4) is 0 Å². The molecule has 0 aliphatic heterocycles. The molecule has 11 heavy (non-hydrogen) atoms. The Morgan fingerprint density at radius 1 is 1.45 bits per heavy atom. The molecule has 0 fully saturated rings. The SMILES string of the molecule is CC/C=C(\C=C/CN)N(C)C. The van der Waals surface area contributed by atoms with Crippen LogP contribution in [-0.4, -0.2) is 25.5 Å². The first-order valence-electron chi connectivity index (χ1n) is 3.96. The maximum Gasteiger partial charge on any atom is 0.0317 e. The maximum atomic E-state index is 5.34. The van der Waals surface area contributed by atoms with Crippen LogP contribution in [0.25, 0.3) is 0 Å². The van der Waals surface area contributed by atoms with Crippen LogP contribution in [0.4, 0.5) is 0 Å². The molecule has 0 aliphatic rings. The molecule has 0 saturated carbocycles. The number of nitrogens with two attached hydrogens (primary N) is 1. The van der Waals surface area contributed by atoms with E-state index in [2.05, 4.69) is 17.9 Å². The van der Waals surface area contributed by atoms with Gasteiger partial charge in [-0.2, -0.15) is 0 Å². The third-order valence-electron chi connectivity index (χ3n) is 1.35. The Hall–Kier alpha value is -0.760. The molecule has 0 radical (unpaired) electrons. The van der Waals surface area contributed by atoms with E-state index in [-0.39, 0.29) is 0 Å². The smallest absolute Gasteiger partial charge is 0.0317 e. The molecule has 0 atom stereocenters. The van der Waals surface area contributed by atoms with Crippen molar-refractivity contribution in [1.82, 2.24) is 4.90 Å². The molecule has 0 saturated heterocycles. The second-order valence-electron chi connectivity index (χ2n) is 2.57. The summed E-state index contributed by atoms with van der Waals surface area (Å²) in [5.74, 6) is 0. The minimum absolute atomic E-state index is 0.606. The number of hydrogen-bond donors (Lipinski definition) is 1. The first kappa shape index (κ1) is 10.2. The van der Waals surface area contributed by atoms with Gasteiger partial charge >= 0.3 is 0 Å². The lowest BCUT2D eigenvalue weighted by Crippen LogP contribution is -2.09. The Morgan fingerprint density at radius 3 is 2.45 bits per heavy atom. The van der Waals surface area contributed by atoms with Crippen LogP contribution in [0.15, 0.2) is 23.9 Å². The summed E-state index contributed by atoms with van der Waals surface area (Å²) in [6.45, 7) is 2.73. The van der Waals surface area contributed by atoms with Crippen molar-refractivity contribution in [3.05, 3.63) is 23.9 Å². The van der Waals surface area contributed by atoms with Gasteiger partial charge in [-0.15, -0.1) is 0 Å². The second kappa shape index (κ2) is 5.98. The molecule has 0 bridgehead atoms.